The van der Waals surface area contributed by atoms with E-state index in [1.807, 2.05) is 0 Å². The van der Waals surface area contributed by atoms with Crippen LogP contribution in [0.25, 0.3) is 0 Å². The third kappa shape index (κ3) is 2.30. The summed E-state index contributed by atoms with van der Waals surface area (Å²) in [6.45, 7) is 0.470. The van der Waals surface area contributed by atoms with Gasteiger partial charge >= 0.3 is 10.5 Å². The first-order chi connectivity index (χ1) is 7.46. The average molecular weight is 245 g/mol. The molecule has 1 aromatic rings. The first kappa shape index (κ1) is 10.9. The number of fused-ring (bicyclic) bond motifs is 1. The van der Waals surface area contributed by atoms with Crippen molar-refractivity contribution in [3.8, 4) is 5.75 Å². The maximum absolute atomic E-state index is 12.3. The summed E-state index contributed by atoms with van der Waals surface area (Å²) >= 11 is 0. The summed E-state index contributed by atoms with van der Waals surface area (Å²) in [5.41, 5.74) is 1.10. The lowest BCUT2D eigenvalue weighted by Crippen LogP contribution is -2.31. The Morgan fingerprint density at radius 2 is 2.12 bits per heavy atom. The van der Waals surface area contributed by atoms with Crippen molar-refractivity contribution >= 4 is 16.4 Å². The van der Waals surface area contributed by atoms with Gasteiger partial charge in [-0.2, -0.15) is 8.42 Å². The summed E-state index contributed by atoms with van der Waals surface area (Å²) in [5, 5.41) is 2.63. The van der Waals surface area contributed by atoms with Crippen molar-refractivity contribution < 1.29 is 21.3 Å². The van der Waals surface area contributed by atoms with Crippen molar-refractivity contribution in [3.05, 3.63) is 29.3 Å². The zero-order chi connectivity index (χ0) is 11.8. The minimum absolute atomic E-state index is 0.129. The molecule has 0 saturated heterocycles. The molecule has 1 N–H and O–H groups in total. The Labute approximate surface area is 91.6 Å². The molecule has 1 heterocycles. The van der Waals surface area contributed by atoms with E-state index in [4.69, 9.17) is 0 Å². The molecule has 1 aliphatic rings. The van der Waals surface area contributed by atoms with Gasteiger partial charge < -0.3 is 9.50 Å². The number of hydrogen-bond donors (Lipinski definition) is 1. The summed E-state index contributed by atoms with van der Waals surface area (Å²) in [5.74, 6) is -0.355. The van der Waals surface area contributed by atoms with E-state index in [-0.39, 0.29) is 11.7 Å². The van der Waals surface area contributed by atoms with E-state index in [9.17, 15) is 17.1 Å². The predicted molar refractivity (Wildman–Crippen MR) is 53.1 cm³/mol. The number of benzene rings is 1. The standard InChI is InChI=1S/C9H8FNO4S/c10-16(13,14)15-7-1-2-8-6(5-7)3-4-11-9(8)12/h1-2,5H,3-4H2,(H,11,12). The van der Waals surface area contributed by atoms with Crippen LogP contribution in [-0.2, 0) is 16.9 Å². The largest absolute Gasteiger partial charge is 0.488 e. The van der Waals surface area contributed by atoms with Crippen molar-refractivity contribution in [2.45, 2.75) is 6.42 Å². The molecular weight excluding hydrogens is 237 g/mol. The summed E-state index contributed by atoms with van der Waals surface area (Å²) in [4.78, 5) is 11.3. The molecule has 0 fully saturated rings. The Morgan fingerprint density at radius 1 is 1.38 bits per heavy atom. The van der Waals surface area contributed by atoms with Crippen molar-refractivity contribution in [2.75, 3.05) is 6.54 Å². The molecule has 1 amide bonds. The molecule has 1 aromatic carbocycles. The van der Waals surface area contributed by atoms with Crippen LogP contribution >= 0.6 is 0 Å². The van der Waals surface area contributed by atoms with Crippen molar-refractivity contribution in [1.82, 2.24) is 5.32 Å². The van der Waals surface area contributed by atoms with Crippen LogP contribution in [0.4, 0.5) is 3.89 Å². The van der Waals surface area contributed by atoms with Gasteiger partial charge in [0.2, 0.25) is 0 Å². The Kier molecular flexibility index (Phi) is 2.55. The summed E-state index contributed by atoms with van der Waals surface area (Å²) < 4.78 is 36.9. The van der Waals surface area contributed by atoms with Gasteiger partial charge in [-0.05, 0) is 30.2 Å². The fourth-order valence-corrected chi connectivity index (χ4v) is 1.90. The molecule has 16 heavy (non-hydrogen) atoms. The van der Waals surface area contributed by atoms with Crippen LogP contribution in [-0.4, -0.2) is 20.9 Å². The minimum Gasteiger partial charge on any atom is -0.358 e. The zero-order valence-corrected chi connectivity index (χ0v) is 8.88. The third-order valence-electron chi connectivity index (χ3n) is 2.20. The molecule has 0 bridgehead atoms. The lowest BCUT2D eigenvalue weighted by molar-refractivity contribution is 0.0946. The van der Waals surface area contributed by atoms with Gasteiger partial charge in [-0.15, -0.1) is 0 Å². The van der Waals surface area contributed by atoms with Gasteiger partial charge in [0.05, 0.1) is 0 Å². The lowest BCUT2D eigenvalue weighted by atomic mass is 10.0. The number of carbonyl (C=O) groups excluding carboxylic acids is 1. The highest BCUT2D eigenvalue weighted by atomic mass is 32.3. The Morgan fingerprint density at radius 3 is 2.81 bits per heavy atom. The van der Waals surface area contributed by atoms with Crippen molar-refractivity contribution in [3.63, 3.8) is 0 Å². The molecule has 2 rings (SSSR count). The Bertz CT molecular complexity index is 540. The number of nitrogens with one attached hydrogen (secondary N) is 1. The van der Waals surface area contributed by atoms with Crippen LogP contribution in [0.15, 0.2) is 18.2 Å². The highest BCUT2D eigenvalue weighted by Crippen LogP contribution is 2.22. The number of rotatable bonds is 2. The maximum atomic E-state index is 12.3. The molecule has 1 aliphatic heterocycles. The SMILES string of the molecule is O=C1NCCc2cc(OS(=O)(=O)F)ccc21. The Hall–Kier alpha value is -1.63. The molecule has 0 aliphatic carbocycles. The monoisotopic (exact) mass is 245 g/mol. The van der Waals surface area contributed by atoms with E-state index in [1.165, 1.54) is 18.2 Å². The van der Waals surface area contributed by atoms with Gasteiger partial charge in [0.15, 0.2) is 0 Å². The number of carbonyl (C=O) groups is 1. The quantitative estimate of drug-likeness (QED) is 0.773. The number of halogens is 1. The normalized spacial score (nSPS) is 15.2. The highest BCUT2D eigenvalue weighted by Gasteiger charge is 2.18. The third-order valence-corrected chi connectivity index (χ3v) is 2.59. The van der Waals surface area contributed by atoms with Crippen LogP contribution < -0.4 is 9.50 Å². The van der Waals surface area contributed by atoms with Gasteiger partial charge in [-0.1, -0.05) is 3.89 Å². The molecular formula is C9H8FNO4S. The van der Waals surface area contributed by atoms with Crippen molar-refractivity contribution in [2.24, 2.45) is 0 Å². The molecule has 0 unspecified atom stereocenters. The number of hydrogen-bond acceptors (Lipinski definition) is 4. The predicted octanol–water partition coefficient (Wildman–Crippen LogP) is 0.566. The second-order valence-electron chi connectivity index (χ2n) is 3.30. The summed E-state index contributed by atoms with van der Waals surface area (Å²) in [6, 6.07) is 4.00. The maximum Gasteiger partial charge on any atom is 0.488 e. The average Bonchev–Trinajstić information content (AvgIpc) is 2.15. The molecule has 0 aromatic heterocycles. The van der Waals surface area contributed by atoms with Gasteiger partial charge in [-0.25, -0.2) is 0 Å². The van der Waals surface area contributed by atoms with E-state index in [0.29, 0.717) is 24.1 Å². The lowest BCUT2D eigenvalue weighted by Gasteiger charge is -2.16. The van der Waals surface area contributed by atoms with Crippen LogP contribution in [0, 0.1) is 0 Å². The molecule has 0 atom stereocenters. The zero-order valence-electron chi connectivity index (χ0n) is 8.07. The Balaban J connectivity index is 2.36. The smallest absolute Gasteiger partial charge is 0.358 e. The summed E-state index contributed by atoms with van der Waals surface area (Å²) in [7, 11) is -5.02. The summed E-state index contributed by atoms with van der Waals surface area (Å²) in [6.07, 6.45) is 0.560. The van der Waals surface area contributed by atoms with Crippen LogP contribution in [0.5, 0.6) is 5.75 Å². The first-order valence-corrected chi connectivity index (χ1v) is 5.82. The van der Waals surface area contributed by atoms with Crippen LogP contribution in [0.3, 0.4) is 0 Å². The van der Waals surface area contributed by atoms with Crippen molar-refractivity contribution in [1.29, 1.82) is 0 Å². The second kappa shape index (κ2) is 3.75. The molecule has 0 saturated carbocycles. The van der Waals surface area contributed by atoms with Gasteiger partial charge in [0.25, 0.3) is 5.91 Å². The van der Waals surface area contributed by atoms with E-state index in [0.717, 1.165) is 0 Å². The van der Waals surface area contributed by atoms with Gasteiger partial charge in [-0.3, -0.25) is 4.79 Å². The van der Waals surface area contributed by atoms with E-state index >= 15 is 0 Å². The van der Waals surface area contributed by atoms with Gasteiger partial charge in [0, 0.05) is 12.1 Å². The molecule has 7 heteroatoms. The molecule has 0 radical (unpaired) electrons. The van der Waals surface area contributed by atoms with E-state index < -0.39 is 10.5 Å². The topological polar surface area (TPSA) is 72.5 Å². The van der Waals surface area contributed by atoms with Gasteiger partial charge in [0.1, 0.15) is 5.75 Å². The van der Waals surface area contributed by atoms with E-state index in [2.05, 4.69) is 9.50 Å². The minimum atomic E-state index is -5.02. The molecule has 0 spiro atoms. The number of amides is 1. The fourth-order valence-electron chi connectivity index (χ4n) is 1.57. The van der Waals surface area contributed by atoms with Crippen LogP contribution in [0.2, 0.25) is 0 Å². The molecule has 86 valence electrons. The first-order valence-electron chi connectivity index (χ1n) is 4.51. The van der Waals surface area contributed by atoms with E-state index in [1.54, 1.807) is 0 Å². The molecule has 5 nitrogen and oxygen atoms in total. The van der Waals surface area contributed by atoms with Crippen LogP contribution in [0.1, 0.15) is 15.9 Å². The fraction of sp³-hybridized carbons (Fsp3) is 0.222. The second-order valence-corrected chi connectivity index (χ2v) is 4.25. The highest BCUT2D eigenvalue weighted by molar-refractivity contribution is 7.81.